The molecule has 4 heterocycles. The zero-order chi connectivity index (χ0) is 26.2. The predicted molar refractivity (Wildman–Crippen MR) is 166 cm³/mol. The molecule has 1 atom stereocenters. The van der Waals surface area contributed by atoms with Gasteiger partial charge in [0.2, 0.25) is 5.88 Å². The third kappa shape index (κ3) is 3.17. The molecule has 188 valence electrons. The van der Waals surface area contributed by atoms with Gasteiger partial charge in [0.05, 0.1) is 16.6 Å². The van der Waals surface area contributed by atoms with E-state index < -0.39 is 0 Å². The Morgan fingerprint density at radius 1 is 0.800 bits per heavy atom. The van der Waals surface area contributed by atoms with Gasteiger partial charge in [-0.05, 0) is 59.5 Å². The Hall–Kier alpha value is -4.80. The minimum atomic E-state index is 0.330. The molecule has 7 aromatic rings. The number of nitrogens with zero attached hydrogens (tertiary/aromatic N) is 2. The van der Waals surface area contributed by atoms with Crippen molar-refractivity contribution in [1.82, 2.24) is 9.97 Å². The van der Waals surface area contributed by atoms with Crippen molar-refractivity contribution in [2.75, 3.05) is 0 Å². The lowest BCUT2D eigenvalue weighted by Gasteiger charge is -2.21. The van der Waals surface area contributed by atoms with Gasteiger partial charge in [-0.1, -0.05) is 72.8 Å². The molecular weight excluding hydrogens is 508 g/mol. The van der Waals surface area contributed by atoms with Crippen LogP contribution in [-0.4, -0.2) is 9.97 Å². The lowest BCUT2D eigenvalue weighted by atomic mass is 9.86. The van der Waals surface area contributed by atoms with Gasteiger partial charge in [0.25, 0.3) is 0 Å². The summed E-state index contributed by atoms with van der Waals surface area (Å²) in [6.45, 7) is 0. The smallest absolute Gasteiger partial charge is 0.229 e. The quantitative estimate of drug-likeness (QED) is 0.209. The Kier molecular flexibility index (Phi) is 4.60. The first kappa shape index (κ1) is 22.1. The summed E-state index contributed by atoms with van der Waals surface area (Å²) in [6.07, 6.45) is 9.93. The van der Waals surface area contributed by atoms with Crippen LogP contribution in [0.3, 0.4) is 0 Å². The predicted octanol–water partition coefficient (Wildman–Crippen LogP) is 10.1. The minimum Gasteiger partial charge on any atom is -0.438 e. The molecule has 2 aliphatic rings. The van der Waals surface area contributed by atoms with Crippen molar-refractivity contribution in [2.45, 2.75) is 12.3 Å². The van der Waals surface area contributed by atoms with E-state index in [0.717, 1.165) is 45.1 Å². The number of aromatic nitrogens is 2. The van der Waals surface area contributed by atoms with Crippen LogP contribution in [0.15, 0.2) is 115 Å². The molecule has 9 rings (SSSR count). The highest BCUT2D eigenvalue weighted by atomic mass is 32.1. The average molecular weight is 531 g/mol. The van der Waals surface area contributed by atoms with E-state index in [-0.39, 0.29) is 0 Å². The molecule has 1 aliphatic heterocycles. The van der Waals surface area contributed by atoms with Crippen LogP contribution in [-0.2, 0) is 0 Å². The van der Waals surface area contributed by atoms with Gasteiger partial charge in [0.1, 0.15) is 5.75 Å². The Bertz CT molecular complexity index is 2240. The summed E-state index contributed by atoms with van der Waals surface area (Å²) in [4.78, 5) is 9.68. The molecule has 0 spiro atoms. The molecule has 1 aliphatic carbocycles. The van der Waals surface area contributed by atoms with E-state index in [9.17, 15) is 0 Å². The molecule has 0 saturated heterocycles. The molecule has 0 fully saturated rings. The van der Waals surface area contributed by atoms with E-state index in [2.05, 4.69) is 91.0 Å². The highest BCUT2D eigenvalue weighted by molar-refractivity contribution is 7.26. The van der Waals surface area contributed by atoms with Gasteiger partial charge in [-0.15, -0.1) is 11.3 Å². The number of para-hydroxylation sites is 1. The number of fused-ring (bicyclic) bond motifs is 7. The van der Waals surface area contributed by atoms with Gasteiger partial charge in [-0.2, -0.15) is 0 Å². The van der Waals surface area contributed by atoms with Crippen LogP contribution in [0, 0.1) is 0 Å². The van der Waals surface area contributed by atoms with Crippen LogP contribution in [0.4, 0.5) is 0 Å². The number of hydrogen-bond acceptors (Lipinski definition) is 4. The largest absolute Gasteiger partial charge is 0.438 e. The van der Waals surface area contributed by atoms with Crippen molar-refractivity contribution in [1.29, 1.82) is 0 Å². The van der Waals surface area contributed by atoms with Crippen molar-refractivity contribution >= 4 is 58.8 Å². The number of pyridine rings is 2. The summed E-state index contributed by atoms with van der Waals surface area (Å²) in [5.41, 5.74) is 6.72. The fraction of sp³-hybridized carbons (Fsp3) is 0.0556. The molecule has 40 heavy (non-hydrogen) atoms. The Balaban J connectivity index is 1.19. The van der Waals surface area contributed by atoms with Crippen LogP contribution in [0.2, 0.25) is 0 Å². The molecule has 3 nitrogen and oxygen atoms in total. The second-order valence-corrected chi connectivity index (χ2v) is 11.6. The Morgan fingerprint density at radius 3 is 2.70 bits per heavy atom. The third-order valence-corrected chi connectivity index (χ3v) is 9.49. The van der Waals surface area contributed by atoms with Gasteiger partial charge in [-0.25, -0.2) is 4.98 Å². The summed E-state index contributed by atoms with van der Waals surface area (Å²) < 4.78 is 9.00. The lowest BCUT2D eigenvalue weighted by Crippen LogP contribution is -2.02. The van der Waals surface area contributed by atoms with E-state index >= 15 is 0 Å². The van der Waals surface area contributed by atoms with E-state index in [1.807, 2.05) is 35.7 Å². The summed E-state index contributed by atoms with van der Waals surface area (Å²) in [5, 5.41) is 5.92. The van der Waals surface area contributed by atoms with Gasteiger partial charge in [0.15, 0.2) is 0 Å². The minimum absolute atomic E-state index is 0.330. The lowest BCUT2D eigenvalue weighted by molar-refractivity contribution is 0.469. The van der Waals surface area contributed by atoms with Gasteiger partial charge in [-0.3, -0.25) is 4.98 Å². The molecule has 0 N–H and O–H groups in total. The fourth-order valence-corrected chi connectivity index (χ4v) is 7.66. The number of rotatable bonds is 2. The first-order valence-electron chi connectivity index (χ1n) is 13.6. The molecule has 1 unspecified atom stereocenters. The number of hydrogen-bond donors (Lipinski definition) is 0. The van der Waals surface area contributed by atoms with Gasteiger partial charge >= 0.3 is 0 Å². The first-order chi connectivity index (χ1) is 19.8. The van der Waals surface area contributed by atoms with Crippen LogP contribution in [0.25, 0.3) is 58.7 Å². The van der Waals surface area contributed by atoms with Crippen LogP contribution < -0.4 is 4.74 Å². The zero-order valence-corrected chi connectivity index (χ0v) is 22.3. The molecule has 3 aromatic heterocycles. The summed E-state index contributed by atoms with van der Waals surface area (Å²) in [7, 11) is 0. The van der Waals surface area contributed by atoms with Crippen molar-refractivity contribution in [3.05, 3.63) is 127 Å². The van der Waals surface area contributed by atoms with Gasteiger partial charge in [0, 0.05) is 48.6 Å². The topological polar surface area (TPSA) is 35.0 Å². The highest BCUT2D eigenvalue weighted by Gasteiger charge is 2.24. The monoisotopic (exact) mass is 530 g/mol. The van der Waals surface area contributed by atoms with Crippen molar-refractivity contribution in [2.24, 2.45) is 0 Å². The normalized spacial score (nSPS) is 15.9. The van der Waals surface area contributed by atoms with Crippen molar-refractivity contribution < 1.29 is 4.74 Å². The Labute approximate surface area is 234 Å². The van der Waals surface area contributed by atoms with E-state index in [1.54, 1.807) is 0 Å². The number of ether oxygens (including phenoxy) is 1. The molecule has 0 amide bonds. The molecule has 4 heteroatoms. The van der Waals surface area contributed by atoms with Crippen LogP contribution in [0.5, 0.6) is 11.6 Å². The summed E-state index contributed by atoms with van der Waals surface area (Å²) in [6, 6.07) is 32.2. The highest BCUT2D eigenvalue weighted by Crippen LogP contribution is 2.46. The second kappa shape index (κ2) is 8.35. The molecule has 0 bridgehead atoms. The third-order valence-electron chi connectivity index (χ3n) is 8.26. The van der Waals surface area contributed by atoms with Crippen LogP contribution in [0.1, 0.15) is 23.5 Å². The number of thiophene rings is 1. The standard InChI is InChI=1S/C36H22N2OS/c1-3-13-31-28(10-1)34-33-26(17-18-37-34)29-20-22(15-16-30(29)38-36(33)39-31)21-7-5-8-23(19-21)24-11-6-12-27-25-9-2-4-14-32(25)40-35(24)27/h1-7,9-20,23H,8H2. The molecular formula is C36H22N2OS. The van der Waals surface area contributed by atoms with Crippen molar-refractivity contribution in [3.8, 4) is 22.9 Å². The van der Waals surface area contributed by atoms with Gasteiger partial charge < -0.3 is 4.74 Å². The zero-order valence-electron chi connectivity index (χ0n) is 21.5. The molecule has 0 saturated carbocycles. The maximum Gasteiger partial charge on any atom is 0.229 e. The van der Waals surface area contributed by atoms with E-state index in [0.29, 0.717) is 11.8 Å². The van der Waals surface area contributed by atoms with E-state index in [4.69, 9.17) is 14.7 Å². The maximum atomic E-state index is 6.25. The van der Waals surface area contributed by atoms with Crippen LogP contribution >= 0.6 is 11.3 Å². The fourth-order valence-electron chi connectivity index (χ4n) is 6.38. The first-order valence-corrected chi connectivity index (χ1v) is 14.4. The van der Waals surface area contributed by atoms with E-state index in [1.165, 1.54) is 36.9 Å². The summed E-state index contributed by atoms with van der Waals surface area (Å²) >= 11 is 1.91. The molecule has 0 radical (unpaired) electrons. The number of allylic oxidation sites excluding steroid dienone is 4. The number of benzene rings is 4. The average Bonchev–Trinajstić information content (AvgIpc) is 3.40. The maximum absolute atomic E-state index is 6.25. The summed E-state index contributed by atoms with van der Waals surface area (Å²) in [5.74, 6) is 1.76. The second-order valence-electron chi connectivity index (χ2n) is 10.5. The SMILES string of the molecule is C1=CC(c2ccc3nc4c5c(nccc5c3c2)-c2ccccc2O4)=CC(c2cccc3c2sc2ccccc23)C1. The Morgan fingerprint density at radius 2 is 1.70 bits per heavy atom. The molecule has 4 aromatic carbocycles. The van der Waals surface area contributed by atoms with Crippen molar-refractivity contribution in [3.63, 3.8) is 0 Å².